The molecule has 1 aliphatic rings. The van der Waals surface area contributed by atoms with Gasteiger partial charge in [0.25, 0.3) is 0 Å². The number of benzene rings is 1. The predicted molar refractivity (Wildman–Crippen MR) is 95.3 cm³/mol. The molecule has 25 heavy (non-hydrogen) atoms. The van der Waals surface area contributed by atoms with Gasteiger partial charge < -0.3 is 10.1 Å². The van der Waals surface area contributed by atoms with Crippen LogP contribution in [0.4, 0.5) is 10.1 Å². The van der Waals surface area contributed by atoms with Crippen LogP contribution in [-0.2, 0) is 10.2 Å². The van der Waals surface area contributed by atoms with Crippen LogP contribution in [0.25, 0.3) is 0 Å². The number of methoxy groups -OCH3 is 1. The van der Waals surface area contributed by atoms with Gasteiger partial charge in [0.2, 0.25) is 11.8 Å². The quantitative estimate of drug-likeness (QED) is 0.897. The Hall–Kier alpha value is -2.43. The molecule has 1 fully saturated rings. The number of nitrogens with zero attached hydrogens (tertiary/aromatic N) is 1. The molecular formula is C20H23FN2O2. The number of halogens is 1. The van der Waals surface area contributed by atoms with Crippen molar-refractivity contribution in [2.24, 2.45) is 0 Å². The van der Waals surface area contributed by atoms with Crippen LogP contribution in [0.5, 0.6) is 5.88 Å². The maximum atomic E-state index is 14.5. The number of anilines is 1. The van der Waals surface area contributed by atoms with Gasteiger partial charge in [-0.3, -0.25) is 4.79 Å². The molecule has 0 saturated heterocycles. The molecule has 0 unspecified atom stereocenters. The summed E-state index contributed by atoms with van der Waals surface area (Å²) in [5, 5.41) is 2.97. The average Bonchev–Trinajstić information content (AvgIpc) is 2.64. The summed E-state index contributed by atoms with van der Waals surface area (Å²) in [7, 11) is 1.55. The molecule has 132 valence electrons. The molecule has 4 nitrogen and oxygen atoms in total. The zero-order chi connectivity index (χ0) is 17.9. The van der Waals surface area contributed by atoms with Crippen LogP contribution in [0.3, 0.4) is 0 Å². The molecule has 3 rings (SSSR count). The zero-order valence-corrected chi connectivity index (χ0v) is 14.6. The SMILES string of the molecule is COc1ccc(NC(=O)C2(c3ccccc3F)CCCCC2)c(C)n1. The lowest BCUT2D eigenvalue weighted by Crippen LogP contribution is -2.42. The number of hydrogen-bond donors (Lipinski definition) is 1. The minimum atomic E-state index is -0.823. The van der Waals surface area contributed by atoms with Gasteiger partial charge in [-0.1, -0.05) is 37.5 Å². The van der Waals surface area contributed by atoms with Crippen molar-refractivity contribution in [2.45, 2.75) is 44.4 Å². The highest BCUT2D eigenvalue weighted by Crippen LogP contribution is 2.41. The van der Waals surface area contributed by atoms with Crippen molar-refractivity contribution in [2.75, 3.05) is 12.4 Å². The predicted octanol–water partition coefficient (Wildman–Crippen LogP) is 4.38. The van der Waals surface area contributed by atoms with Crippen molar-refractivity contribution in [3.63, 3.8) is 0 Å². The summed E-state index contributed by atoms with van der Waals surface area (Å²) in [5.74, 6) is 0.0217. The summed E-state index contributed by atoms with van der Waals surface area (Å²) in [4.78, 5) is 17.5. The second-order valence-corrected chi connectivity index (χ2v) is 6.56. The summed E-state index contributed by atoms with van der Waals surface area (Å²) >= 11 is 0. The summed E-state index contributed by atoms with van der Waals surface area (Å²) in [5.41, 5.74) is 0.973. The largest absolute Gasteiger partial charge is 0.481 e. The number of aromatic nitrogens is 1. The third-order valence-electron chi connectivity index (χ3n) is 5.05. The van der Waals surface area contributed by atoms with Gasteiger partial charge in [0.1, 0.15) is 5.82 Å². The fraction of sp³-hybridized carbons (Fsp3) is 0.400. The van der Waals surface area contributed by atoms with Gasteiger partial charge >= 0.3 is 0 Å². The minimum Gasteiger partial charge on any atom is -0.481 e. The molecule has 1 amide bonds. The molecular weight excluding hydrogens is 319 g/mol. The third kappa shape index (κ3) is 3.36. The Bertz CT molecular complexity index is 770. The molecule has 1 N–H and O–H groups in total. The van der Waals surface area contributed by atoms with Crippen molar-refractivity contribution in [3.05, 3.63) is 53.5 Å². The van der Waals surface area contributed by atoms with Crippen LogP contribution in [-0.4, -0.2) is 18.0 Å². The first kappa shape index (κ1) is 17.4. The summed E-state index contributed by atoms with van der Waals surface area (Å²) in [6, 6.07) is 10.1. The standard InChI is InChI=1S/C20H23FN2O2/c1-14-17(10-11-18(22-14)25-2)23-19(24)20(12-6-3-7-13-20)15-8-4-5-9-16(15)21/h4-5,8-11H,3,6-7,12-13H2,1-2H3,(H,23,24). The summed E-state index contributed by atoms with van der Waals surface area (Å²) in [6.07, 6.45) is 4.22. The molecule has 2 aromatic rings. The number of nitrogens with one attached hydrogen (secondary N) is 1. The third-order valence-corrected chi connectivity index (χ3v) is 5.05. The Morgan fingerprint density at radius 1 is 1.16 bits per heavy atom. The second-order valence-electron chi connectivity index (χ2n) is 6.56. The van der Waals surface area contributed by atoms with Crippen LogP contribution in [0.2, 0.25) is 0 Å². The molecule has 1 saturated carbocycles. The monoisotopic (exact) mass is 342 g/mol. The second kappa shape index (κ2) is 7.21. The van der Waals surface area contributed by atoms with E-state index in [0.29, 0.717) is 35.7 Å². The number of pyridine rings is 1. The Balaban J connectivity index is 1.94. The maximum Gasteiger partial charge on any atom is 0.235 e. The molecule has 0 spiro atoms. The molecule has 1 aliphatic carbocycles. The number of hydrogen-bond acceptors (Lipinski definition) is 3. The fourth-order valence-electron chi connectivity index (χ4n) is 3.65. The van der Waals surface area contributed by atoms with Gasteiger partial charge in [-0.25, -0.2) is 9.37 Å². The van der Waals surface area contributed by atoms with Crippen molar-refractivity contribution < 1.29 is 13.9 Å². The van der Waals surface area contributed by atoms with E-state index in [0.717, 1.165) is 19.3 Å². The lowest BCUT2D eigenvalue weighted by molar-refractivity contribution is -0.122. The van der Waals surface area contributed by atoms with E-state index in [9.17, 15) is 9.18 Å². The highest BCUT2D eigenvalue weighted by atomic mass is 19.1. The number of rotatable bonds is 4. The van der Waals surface area contributed by atoms with E-state index in [1.807, 2.05) is 6.92 Å². The van der Waals surface area contributed by atoms with Crippen molar-refractivity contribution in [3.8, 4) is 5.88 Å². The highest BCUT2D eigenvalue weighted by Gasteiger charge is 2.43. The summed E-state index contributed by atoms with van der Waals surface area (Å²) in [6.45, 7) is 1.81. The van der Waals surface area contributed by atoms with Gasteiger partial charge in [-0.15, -0.1) is 0 Å². The first-order valence-corrected chi connectivity index (χ1v) is 8.65. The van der Waals surface area contributed by atoms with Crippen molar-refractivity contribution in [1.29, 1.82) is 0 Å². The van der Waals surface area contributed by atoms with E-state index < -0.39 is 5.41 Å². The number of aryl methyl sites for hydroxylation is 1. The Kier molecular flexibility index (Phi) is 5.02. The van der Waals surface area contributed by atoms with E-state index in [1.54, 1.807) is 37.4 Å². The Morgan fingerprint density at radius 3 is 2.52 bits per heavy atom. The van der Waals surface area contributed by atoms with Gasteiger partial charge in [-0.2, -0.15) is 0 Å². The van der Waals surface area contributed by atoms with E-state index in [1.165, 1.54) is 6.07 Å². The molecule has 1 aromatic carbocycles. The maximum absolute atomic E-state index is 14.5. The molecule has 0 atom stereocenters. The van der Waals surface area contributed by atoms with Crippen molar-refractivity contribution in [1.82, 2.24) is 4.98 Å². The molecule has 1 aromatic heterocycles. The molecule has 0 radical (unpaired) electrons. The molecule has 1 heterocycles. The Labute approximate surface area is 147 Å². The van der Waals surface area contributed by atoms with E-state index in [2.05, 4.69) is 10.3 Å². The summed E-state index contributed by atoms with van der Waals surface area (Å²) < 4.78 is 19.6. The van der Waals surface area contributed by atoms with Gasteiger partial charge in [0, 0.05) is 11.6 Å². The van der Waals surface area contributed by atoms with Gasteiger partial charge in [0.15, 0.2) is 0 Å². The molecule has 0 bridgehead atoms. The average molecular weight is 342 g/mol. The van der Waals surface area contributed by atoms with Crippen LogP contribution in [0.1, 0.15) is 43.4 Å². The number of carbonyl (C=O) groups excluding carboxylic acids is 1. The fourth-order valence-corrected chi connectivity index (χ4v) is 3.65. The lowest BCUT2D eigenvalue weighted by Gasteiger charge is -2.36. The number of amides is 1. The molecule has 0 aliphatic heterocycles. The number of ether oxygens (including phenoxy) is 1. The van der Waals surface area contributed by atoms with Gasteiger partial charge in [0.05, 0.1) is 23.9 Å². The first-order chi connectivity index (χ1) is 12.1. The van der Waals surface area contributed by atoms with Gasteiger partial charge in [-0.05, 0) is 31.9 Å². The smallest absolute Gasteiger partial charge is 0.235 e. The Morgan fingerprint density at radius 2 is 1.88 bits per heavy atom. The highest BCUT2D eigenvalue weighted by molar-refractivity contribution is 5.99. The van der Waals surface area contributed by atoms with Crippen LogP contribution < -0.4 is 10.1 Å². The van der Waals surface area contributed by atoms with Crippen LogP contribution >= 0.6 is 0 Å². The van der Waals surface area contributed by atoms with Crippen LogP contribution in [0.15, 0.2) is 36.4 Å². The van der Waals surface area contributed by atoms with E-state index >= 15 is 0 Å². The number of carbonyl (C=O) groups is 1. The normalized spacial score (nSPS) is 16.3. The first-order valence-electron chi connectivity index (χ1n) is 8.65. The van der Waals surface area contributed by atoms with E-state index in [4.69, 9.17) is 4.74 Å². The van der Waals surface area contributed by atoms with Crippen LogP contribution in [0, 0.1) is 12.7 Å². The lowest BCUT2D eigenvalue weighted by atomic mass is 9.68. The zero-order valence-electron chi connectivity index (χ0n) is 14.6. The minimum absolute atomic E-state index is 0.160. The van der Waals surface area contributed by atoms with Crippen molar-refractivity contribution >= 4 is 11.6 Å². The topological polar surface area (TPSA) is 51.2 Å². The molecule has 5 heteroatoms. The van der Waals surface area contributed by atoms with E-state index in [-0.39, 0.29) is 11.7 Å².